The lowest BCUT2D eigenvalue weighted by Gasteiger charge is -2.18. The Kier molecular flexibility index (Phi) is 5.36. The number of ether oxygens (including phenoxy) is 3. The smallest absolute Gasteiger partial charge is 0.338 e. The summed E-state index contributed by atoms with van der Waals surface area (Å²) in [7, 11) is 2.82. The van der Waals surface area contributed by atoms with E-state index in [1.54, 1.807) is 38.1 Å². The van der Waals surface area contributed by atoms with Gasteiger partial charge in [-0.3, -0.25) is 4.79 Å². The minimum atomic E-state index is -0.564. The lowest BCUT2D eigenvalue weighted by atomic mass is 10.1. The average Bonchev–Trinajstić information content (AvgIpc) is 2.45. The van der Waals surface area contributed by atoms with E-state index in [-0.39, 0.29) is 0 Å². The number of carbonyl (C=O) groups is 2. The van der Waals surface area contributed by atoms with Crippen molar-refractivity contribution in [3.05, 3.63) is 29.8 Å². The summed E-state index contributed by atoms with van der Waals surface area (Å²) in [5.74, 6) is -0.851. The van der Waals surface area contributed by atoms with Crippen LogP contribution in [0, 0.1) is 5.92 Å². The fourth-order valence-electron chi connectivity index (χ4n) is 1.47. The van der Waals surface area contributed by atoms with Gasteiger partial charge in [-0.25, -0.2) is 4.79 Å². The van der Waals surface area contributed by atoms with Gasteiger partial charge in [0.2, 0.25) is 0 Å². The Labute approximate surface area is 112 Å². The molecule has 0 heterocycles. The van der Waals surface area contributed by atoms with E-state index < -0.39 is 24.0 Å². The summed E-state index contributed by atoms with van der Waals surface area (Å²) in [6.45, 7) is 3.30. The molecule has 5 nitrogen and oxygen atoms in total. The van der Waals surface area contributed by atoms with Crippen LogP contribution in [0.15, 0.2) is 24.3 Å². The zero-order valence-corrected chi connectivity index (χ0v) is 11.5. The molecule has 1 aromatic rings. The Balaban J connectivity index is 2.71. The predicted octanol–water partition coefficient (Wildman–Crippen LogP) is 2.05. The molecule has 2 atom stereocenters. The molecule has 5 heteroatoms. The Hall–Kier alpha value is -2.04. The van der Waals surface area contributed by atoms with Gasteiger partial charge >= 0.3 is 11.9 Å². The molecule has 0 saturated heterocycles. The summed E-state index contributed by atoms with van der Waals surface area (Å²) in [5.41, 5.74) is 0.378. The number of benzene rings is 1. The van der Waals surface area contributed by atoms with E-state index in [1.165, 1.54) is 14.2 Å². The molecule has 0 aliphatic heterocycles. The van der Waals surface area contributed by atoms with Gasteiger partial charge in [-0.2, -0.15) is 0 Å². The van der Waals surface area contributed by atoms with Gasteiger partial charge in [0, 0.05) is 0 Å². The van der Waals surface area contributed by atoms with Crippen LogP contribution in [0.4, 0.5) is 0 Å². The topological polar surface area (TPSA) is 61.8 Å². The normalized spacial score (nSPS) is 13.3. The summed E-state index contributed by atoms with van der Waals surface area (Å²) >= 11 is 0. The standard InChI is InChI=1S/C14H18O5/c1-9(13(15)18-4)10(2)19-14(16)11-6-5-7-12(8-11)17-3/h5-10H,1-4H3/t9-,10+/m0/s1. The van der Waals surface area contributed by atoms with Crippen LogP contribution in [0.5, 0.6) is 5.75 Å². The number of carbonyl (C=O) groups excluding carboxylic acids is 2. The maximum atomic E-state index is 11.9. The van der Waals surface area contributed by atoms with Crippen molar-refractivity contribution in [3.63, 3.8) is 0 Å². The SMILES string of the molecule is COC(=O)[C@@H](C)[C@@H](C)OC(=O)c1cccc(OC)c1. The predicted molar refractivity (Wildman–Crippen MR) is 69.1 cm³/mol. The van der Waals surface area contributed by atoms with E-state index in [0.29, 0.717) is 11.3 Å². The van der Waals surface area contributed by atoms with Crippen LogP contribution < -0.4 is 4.74 Å². The van der Waals surface area contributed by atoms with E-state index in [1.807, 2.05) is 0 Å². The molecule has 0 N–H and O–H groups in total. The van der Waals surface area contributed by atoms with Crippen LogP contribution >= 0.6 is 0 Å². The zero-order valence-electron chi connectivity index (χ0n) is 11.5. The highest BCUT2D eigenvalue weighted by Gasteiger charge is 2.24. The molecule has 0 aliphatic rings. The number of hydrogen-bond donors (Lipinski definition) is 0. The van der Waals surface area contributed by atoms with Crippen LogP contribution in [0.25, 0.3) is 0 Å². The fraction of sp³-hybridized carbons (Fsp3) is 0.429. The average molecular weight is 266 g/mol. The molecule has 0 amide bonds. The lowest BCUT2D eigenvalue weighted by molar-refractivity contribution is -0.148. The first-order chi connectivity index (χ1) is 8.99. The van der Waals surface area contributed by atoms with Gasteiger partial charge in [0.15, 0.2) is 0 Å². The molecule has 0 aliphatic carbocycles. The highest BCUT2D eigenvalue weighted by Crippen LogP contribution is 2.16. The van der Waals surface area contributed by atoms with Crippen LogP contribution in [-0.2, 0) is 14.3 Å². The van der Waals surface area contributed by atoms with Gasteiger partial charge in [-0.05, 0) is 32.0 Å². The first-order valence-electron chi connectivity index (χ1n) is 5.92. The molecule has 0 aromatic heterocycles. The minimum Gasteiger partial charge on any atom is -0.497 e. The molecule has 0 spiro atoms. The number of hydrogen-bond acceptors (Lipinski definition) is 5. The van der Waals surface area contributed by atoms with Gasteiger partial charge in [0.1, 0.15) is 11.9 Å². The van der Waals surface area contributed by atoms with E-state index in [0.717, 1.165) is 0 Å². The third-order valence-electron chi connectivity index (χ3n) is 2.88. The fourth-order valence-corrected chi connectivity index (χ4v) is 1.47. The first kappa shape index (κ1) is 15.0. The van der Waals surface area contributed by atoms with Crippen molar-refractivity contribution in [2.75, 3.05) is 14.2 Å². The van der Waals surface area contributed by atoms with Crippen molar-refractivity contribution in [2.24, 2.45) is 5.92 Å². The lowest BCUT2D eigenvalue weighted by Crippen LogP contribution is -2.29. The zero-order chi connectivity index (χ0) is 14.4. The molecule has 1 aromatic carbocycles. The number of methoxy groups -OCH3 is 2. The molecule has 19 heavy (non-hydrogen) atoms. The number of rotatable bonds is 5. The third-order valence-corrected chi connectivity index (χ3v) is 2.88. The molecule has 0 unspecified atom stereocenters. The van der Waals surface area contributed by atoms with Crippen molar-refractivity contribution in [1.82, 2.24) is 0 Å². The van der Waals surface area contributed by atoms with Crippen LogP contribution in [0.2, 0.25) is 0 Å². The molecule has 0 bridgehead atoms. The van der Waals surface area contributed by atoms with Crippen molar-refractivity contribution in [1.29, 1.82) is 0 Å². The number of esters is 2. The summed E-state index contributed by atoms with van der Waals surface area (Å²) in [6, 6.07) is 6.64. The maximum absolute atomic E-state index is 11.9. The van der Waals surface area contributed by atoms with E-state index in [4.69, 9.17) is 9.47 Å². The van der Waals surface area contributed by atoms with E-state index >= 15 is 0 Å². The largest absolute Gasteiger partial charge is 0.497 e. The monoisotopic (exact) mass is 266 g/mol. The summed E-state index contributed by atoms with van der Waals surface area (Å²) in [4.78, 5) is 23.2. The van der Waals surface area contributed by atoms with E-state index in [2.05, 4.69) is 4.74 Å². The molecule has 1 rings (SSSR count). The quantitative estimate of drug-likeness (QED) is 0.763. The van der Waals surface area contributed by atoms with Crippen molar-refractivity contribution < 1.29 is 23.8 Å². The van der Waals surface area contributed by atoms with Gasteiger partial charge in [0.05, 0.1) is 25.7 Å². The highest BCUT2D eigenvalue weighted by molar-refractivity contribution is 5.90. The van der Waals surface area contributed by atoms with Crippen LogP contribution in [0.1, 0.15) is 24.2 Å². The summed E-state index contributed by atoms with van der Waals surface area (Å²) in [6.07, 6.45) is -0.564. The Morgan fingerprint density at radius 3 is 2.42 bits per heavy atom. The molecular weight excluding hydrogens is 248 g/mol. The summed E-state index contributed by atoms with van der Waals surface area (Å²) in [5, 5.41) is 0. The van der Waals surface area contributed by atoms with Gasteiger partial charge in [0.25, 0.3) is 0 Å². The van der Waals surface area contributed by atoms with Gasteiger partial charge < -0.3 is 14.2 Å². The molecular formula is C14H18O5. The Bertz CT molecular complexity index is 455. The Morgan fingerprint density at radius 2 is 1.84 bits per heavy atom. The second-order valence-electron chi connectivity index (χ2n) is 4.15. The van der Waals surface area contributed by atoms with Crippen molar-refractivity contribution in [3.8, 4) is 5.75 Å². The second kappa shape index (κ2) is 6.78. The maximum Gasteiger partial charge on any atom is 0.338 e. The first-order valence-corrected chi connectivity index (χ1v) is 5.92. The van der Waals surface area contributed by atoms with Crippen molar-refractivity contribution in [2.45, 2.75) is 20.0 Å². The molecule has 0 fully saturated rings. The third kappa shape index (κ3) is 3.98. The molecule has 0 radical (unpaired) electrons. The van der Waals surface area contributed by atoms with E-state index in [9.17, 15) is 9.59 Å². The summed E-state index contributed by atoms with van der Waals surface area (Å²) < 4.78 is 14.9. The molecule has 0 saturated carbocycles. The van der Waals surface area contributed by atoms with Crippen molar-refractivity contribution >= 4 is 11.9 Å². The molecule has 104 valence electrons. The highest BCUT2D eigenvalue weighted by atomic mass is 16.6. The van der Waals surface area contributed by atoms with Crippen LogP contribution in [0.3, 0.4) is 0 Å². The van der Waals surface area contributed by atoms with Crippen LogP contribution in [-0.4, -0.2) is 32.3 Å². The second-order valence-corrected chi connectivity index (χ2v) is 4.15. The minimum absolute atomic E-state index is 0.378. The Morgan fingerprint density at radius 1 is 1.16 bits per heavy atom. The van der Waals surface area contributed by atoms with Gasteiger partial charge in [-0.15, -0.1) is 0 Å². The van der Waals surface area contributed by atoms with Gasteiger partial charge in [-0.1, -0.05) is 6.07 Å².